The minimum atomic E-state index is -3.50. The number of hydrogen-bond acceptors (Lipinski definition) is 4. The average Bonchev–Trinajstić information content (AvgIpc) is 2.93. The molecule has 3 N–H and O–H groups in total. The van der Waals surface area contributed by atoms with Crippen molar-refractivity contribution in [1.82, 2.24) is 4.31 Å². The van der Waals surface area contributed by atoms with Gasteiger partial charge < -0.3 is 11.1 Å². The van der Waals surface area contributed by atoms with E-state index < -0.39 is 10.0 Å². The summed E-state index contributed by atoms with van der Waals surface area (Å²) in [5.74, 6) is 0.475. The molecule has 0 radical (unpaired) electrons. The fraction of sp³-hybridized carbons (Fsp3) is 0.562. The van der Waals surface area contributed by atoms with Gasteiger partial charge in [-0.05, 0) is 48.9 Å². The number of benzene rings is 1. The molecule has 24 heavy (non-hydrogen) atoms. The van der Waals surface area contributed by atoms with E-state index in [-0.39, 0.29) is 35.2 Å². The van der Waals surface area contributed by atoms with E-state index in [9.17, 15) is 13.2 Å². The Kier molecular flexibility index (Phi) is 5.91. The molecule has 3 unspecified atom stereocenters. The van der Waals surface area contributed by atoms with Gasteiger partial charge in [0.15, 0.2) is 0 Å². The standard InChI is InChI=1S/C16H23N3O3S.ClH/c1-11(20)18-13-5-7-14(8-6-13)23(21,22)19-9-12-3-2-4-16(17)15(12)10-19;/h5-8,12,15-16H,2-4,9-10,17H2,1H3,(H,18,20);1H. The molecule has 1 heterocycles. The molecule has 0 aromatic heterocycles. The van der Waals surface area contributed by atoms with E-state index in [0.717, 1.165) is 19.3 Å². The Morgan fingerprint density at radius 3 is 2.46 bits per heavy atom. The number of amides is 1. The molecule has 0 bridgehead atoms. The third-order valence-electron chi connectivity index (χ3n) is 4.93. The van der Waals surface area contributed by atoms with Crippen LogP contribution < -0.4 is 11.1 Å². The molecule has 1 saturated heterocycles. The number of hydrogen-bond donors (Lipinski definition) is 2. The molecule has 134 valence electrons. The monoisotopic (exact) mass is 373 g/mol. The van der Waals surface area contributed by atoms with Crippen molar-refractivity contribution in [3.05, 3.63) is 24.3 Å². The second-order valence-corrected chi connectivity index (χ2v) is 8.48. The van der Waals surface area contributed by atoms with Crippen LogP contribution in [0.1, 0.15) is 26.2 Å². The lowest BCUT2D eigenvalue weighted by molar-refractivity contribution is -0.114. The van der Waals surface area contributed by atoms with Crippen molar-refractivity contribution < 1.29 is 13.2 Å². The highest BCUT2D eigenvalue weighted by molar-refractivity contribution is 7.89. The minimum Gasteiger partial charge on any atom is -0.327 e. The quantitative estimate of drug-likeness (QED) is 0.845. The van der Waals surface area contributed by atoms with Crippen LogP contribution in [0.15, 0.2) is 29.2 Å². The first-order valence-corrected chi connectivity index (χ1v) is 9.45. The summed E-state index contributed by atoms with van der Waals surface area (Å²) in [4.78, 5) is 11.3. The number of halogens is 1. The first kappa shape index (κ1) is 19.2. The molecule has 2 fully saturated rings. The zero-order valence-electron chi connectivity index (χ0n) is 13.6. The second-order valence-electron chi connectivity index (χ2n) is 6.55. The van der Waals surface area contributed by atoms with Crippen molar-refractivity contribution >= 4 is 34.0 Å². The molecule has 1 aromatic rings. The largest absolute Gasteiger partial charge is 0.327 e. The number of carbonyl (C=O) groups is 1. The Bertz CT molecular complexity index is 693. The normalized spacial score (nSPS) is 27.2. The van der Waals surface area contributed by atoms with Crippen LogP contribution in [0.25, 0.3) is 0 Å². The molecule has 1 aromatic carbocycles. The SMILES string of the molecule is CC(=O)Nc1ccc(S(=O)(=O)N2CC3CCCC(N)C3C2)cc1.Cl. The Morgan fingerprint density at radius 1 is 1.21 bits per heavy atom. The van der Waals surface area contributed by atoms with Gasteiger partial charge >= 0.3 is 0 Å². The lowest BCUT2D eigenvalue weighted by Gasteiger charge is -2.29. The Labute approximate surface area is 149 Å². The number of nitrogens with one attached hydrogen (secondary N) is 1. The predicted octanol–water partition coefficient (Wildman–Crippen LogP) is 1.81. The van der Waals surface area contributed by atoms with Crippen LogP contribution in [0.3, 0.4) is 0 Å². The third kappa shape index (κ3) is 3.74. The Morgan fingerprint density at radius 2 is 1.88 bits per heavy atom. The van der Waals surface area contributed by atoms with Crippen LogP contribution in [0.5, 0.6) is 0 Å². The minimum absolute atomic E-state index is 0. The van der Waals surface area contributed by atoms with Crippen LogP contribution in [0, 0.1) is 11.8 Å². The number of rotatable bonds is 3. The smallest absolute Gasteiger partial charge is 0.243 e. The lowest BCUT2D eigenvalue weighted by Crippen LogP contribution is -2.38. The molecule has 1 amide bonds. The number of anilines is 1. The van der Waals surface area contributed by atoms with Crippen molar-refractivity contribution in [2.24, 2.45) is 17.6 Å². The van der Waals surface area contributed by atoms with Gasteiger partial charge in [0, 0.05) is 31.7 Å². The van der Waals surface area contributed by atoms with Gasteiger partial charge in [0.05, 0.1) is 4.90 Å². The highest BCUT2D eigenvalue weighted by Crippen LogP contribution is 2.37. The van der Waals surface area contributed by atoms with Crippen molar-refractivity contribution in [3.8, 4) is 0 Å². The summed E-state index contributed by atoms with van der Waals surface area (Å²) >= 11 is 0. The topological polar surface area (TPSA) is 92.5 Å². The molecule has 1 aliphatic carbocycles. The molecule has 0 spiro atoms. The zero-order valence-corrected chi connectivity index (χ0v) is 15.3. The number of nitrogens with two attached hydrogens (primary N) is 1. The predicted molar refractivity (Wildman–Crippen MR) is 95.6 cm³/mol. The highest BCUT2D eigenvalue weighted by Gasteiger charge is 2.43. The summed E-state index contributed by atoms with van der Waals surface area (Å²) in [7, 11) is -3.50. The maximum absolute atomic E-state index is 12.8. The molecule has 6 nitrogen and oxygen atoms in total. The molecule has 3 atom stereocenters. The molecular weight excluding hydrogens is 350 g/mol. The summed E-state index contributed by atoms with van der Waals surface area (Å²) in [5.41, 5.74) is 6.76. The van der Waals surface area contributed by atoms with E-state index in [0.29, 0.717) is 24.7 Å². The maximum Gasteiger partial charge on any atom is 0.243 e. The van der Waals surface area contributed by atoms with Crippen molar-refractivity contribution in [2.45, 2.75) is 37.1 Å². The van der Waals surface area contributed by atoms with Crippen molar-refractivity contribution in [1.29, 1.82) is 0 Å². The Hall–Kier alpha value is -1.15. The summed E-state index contributed by atoms with van der Waals surface area (Å²) in [6.07, 6.45) is 3.13. The van der Waals surface area contributed by atoms with E-state index in [2.05, 4.69) is 5.32 Å². The Balaban J connectivity index is 0.00000208. The summed E-state index contributed by atoms with van der Waals surface area (Å²) in [6, 6.07) is 6.42. The maximum atomic E-state index is 12.8. The van der Waals surface area contributed by atoms with E-state index in [1.54, 1.807) is 28.6 Å². The average molecular weight is 374 g/mol. The van der Waals surface area contributed by atoms with Gasteiger partial charge in [-0.15, -0.1) is 12.4 Å². The number of nitrogens with zero attached hydrogens (tertiary/aromatic N) is 1. The molecule has 2 aliphatic rings. The van der Waals surface area contributed by atoms with Crippen LogP contribution in [-0.4, -0.2) is 37.8 Å². The van der Waals surface area contributed by atoms with E-state index in [4.69, 9.17) is 5.73 Å². The summed E-state index contributed by atoms with van der Waals surface area (Å²) < 4.78 is 27.2. The van der Waals surface area contributed by atoms with E-state index in [1.807, 2.05) is 0 Å². The highest BCUT2D eigenvalue weighted by atomic mass is 35.5. The summed E-state index contributed by atoms with van der Waals surface area (Å²) in [5, 5.41) is 2.64. The fourth-order valence-corrected chi connectivity index (χ4v) is 5.27. The van der Waals surface area contributed by atoms with Gasteiger partial charge in [0.25, 0.3) is 0 Å². The summed E-state index contributed by atoms with van der Waals surface area (Å²) in [6.45, 7) is 2.50. The van der Waals surface area contributed by atoms with Gasteiger partial charge in [-0.1, -0.05) is 6.42 Å². The third-order valence-corrected chi connectivity index (χ3v) is 6.78. The first-order chi connectivity index (χ1) is 10.9. The van der Waals surface area contributed by atoms with E-state index in [1.165, 1.54) is 6.92 Å². The van der Waals surface area contributed by atoms with Crippen LogP contribution in [0.4, 0.5) is 5.69 Å². The first-order valence-electron chi connectivity index (χ1n) is 8.01. The molecule has 1 aliphatic heterocycles. The van der Waals surface area contributed by atoms with Gasteiger partial charge in [-0.2, -0.15) is 4.31 Å². The van der Waals surface area contributed by atoms with Gasteiger partial charge in [0.2, 0.25) is 15.9 Å². The number of sulfonamides is 1. The second kappa shape index (κ2) is 7.39. The van der Waals surface area contributed by atoms with Gasteiger partial charge in [0.1, 0.15) is 0 Å². The van der Waals surface area contributed by atoms with Crippen LogP contribution >= 0.6 is 12.4 Å². The molecule has 3 rings (SSSR count). The van der Waals surface area contributed by atoms with Crippen LogP contribution in [0.2, 0.25) is 0 Å². The zero-order chi connectivity index (χ0) is 16.6. The van der Waals surface area contributed by atoms with E-state index >= 15 is 0 Å². The van der Waals surface area contributed by atoms with Gasteiger partial charge in [-0.25, -0.2) is 8.42 Å². The molecule has 8 heteroatoms. The number of fused-ring (bicyclic) bond motifs is 1. The van der Waals surface area contributed by atoms with Gasteiger partial charge in [-0.3, -0.25) is 4.79 Å². The van der Waals surface area contributed by atoms with Crippen molar-refractivity contribution in [3.63, 3.8) is 0 Å². The molecule has 1 saturated carbocycles. The van der Waals surface area contributed by atoms with Crippen LogP contribution in [-0.2, 0) is 14.8 Å². The van der Waals surface area contributed by atoms with Crippen molar-refractivity contribution in [2.75, 3.05) is 18.4 Å². The number of carbonyl (C=O) groups excluding carboxylic acids is 1. The molecular formula is C16H24ClN3O3S. The lowest BCUT2D eigenvalue weighted by atomic mass is 9.78. The fourth-order valence-electron chi connectivity index (χ4n) is 3.73.